The van der Waals surface area contributed by atoms with Crippen molar-refractivity contribution in [2.45, 2.75) is 36.9 Å². The van der Waals surface area contributed by atoms with Gasteiger partial charge in [0.25, 0.3) is 0 Å². The number of rotatable bonds is 8. The lowest BCUT2D eigenvalue weighted by atomic mass is 10.1. The van der Waals surface area contributed by atoms with Crippen molar-refractivity contribution in [3.8, 4) is 5.75 Å². The van der Waals surface area contributed by atoms with Gasteiger partial charge in [0, 0.05) is 15.1 Å². The van der Waals surface area contributed by atoms with Crippen LogP contribution in [0.2, 0.25) is 15.1 Å². The first-order valence-corrected chi connectivity index (χ1v) is 11.0. The number of nitrogens with zero attached hydrogens (tertiary/aromatic N) is 2. The van der Waals surface area contributed by atoms with Crippen molar-refractivity contribution < 1.29 is 9.53 Å². The van der Waals surface area contributed by atoms with E-state index in [2.05, 4.69) is 20.5 Å². The predicted molar refractivity (Wildman–Crippen MR) is 121 cm³/mol. The second-order valence-corrected chi connectivity index (χ2v) is 9.05. The zero-order valence-electron chi connectivity index (χ0n) is 16.2. The van der Waals surface area contributed by atoms with Crippen LogP contribution in [0, 0.1) is 0 Å². The third-order valence-electron chi connectivity index (χ3n) is 4.14. The molecule has 0 saturated carbocycles. The Morgan fingerprint density at radius 2 is 1.83 bits per heavy atom. The number of nitrogens with one attached hydrogen (secondary N) is 2. The number of carbonyl (C=O) groups is 1. The van der Waals surface area contributed by atoms with E-state index in [1.54, 1.807) is 49.4 Å². The monoisotopic (exact) mass is 484 g/mol. The summed E-state index contributed by atoms with van der Waals surface area (Å²) >= 11 is 19.2. The van der Waals surface area contributed by atoms with E-state index in [-0.39, 0.29) is 18.6 Å². The van der Waals surface area contributed by atoms with E-state index in [0.29, 0.717) is 31.8 Å². The highest BCUT2D eigenvalue weighted by Crippen LogP contribution is 2.27. The van der Waals surface area contributed by atoms with E-state index in [0.717, 1.165) is 5.56 Å². The zero-order valence-corrected chi connectivity index (χ0v) is 19.2. The number of amides is 1. The van der Waals surface area contributed by atoms with Gasteiger partial charge in [-0.2, -0.15) is 0 Å². The fourth-order valence-electron chi connectivity index (χ4n) is 2.55. The molecule has 0 bridgehead atoms. The van der Waals surface area contributed by atoms with Crippen LogP contribution in [0.1, 0.15) is 31.3 Å². The van der Waals surface area contributed by atoms with Crippen molar-refractivity contribution in [2.75, 3.05) is 0 Å². The number of carbonyl (C=O) groups excluding carboxylic acids is 1. The van der Waals surface area contributed by atoms with Crippen LogP contribution in [0.15, 0.2) is 47.6 Å². The zero-order chi connectivity index (χ0) is 21.7. The van der Waals surface area contributed by atoms with Crippen molar-refractivity contribution in [1.82, 2.24) is 20.5 Å². The molecule has 10 heteroatoms. The fourth-order valence-corrected chi connectivity index (χ4v) is 4.00. The van der Waals surface area contributed by atoms with Crippen LogP contribution in [0.25, 0.3) is 0 Å². The molecule has 1 aromatic heterocycles. The Balaban J connectivity index is 1.52. The topological polar surface area (TPSA) is 79.9 Å². The van der Waals surface area contributed by atoms with Crippen molar-refractivity contribution in [2.24, 2.45) is 0 Å². The number of aromatic nitrogens is 3. The van der Waals surface area contributed by atoms with E-state index < -0.39 is 5.25 Å². The normalized spacial score (nSPS) is 13.0. The number of H-pyrrole nitrogens is 1. The van der Waals surface area contributed by atoms with Gasteiger partial charge in [-0.25, -0.2) is 4.98 Å². The van der Waals surface area contributed by atoms with E-state index in [4.69, 9.17) is 39.5 Å². The molecule has 2 aromatic carbocycles. The third kappa shape index (κ3) is 6.28. The summed E-state index contributed by atoms with van der Waals surface area (Å²) in [7, 11) is 0. The van der Waals surface area contributed by atoms with Crippen LogP contribution in [0.4, 0.5) is 0 Å². The molecule has 0 radical (unpaired) electrons. The SMILES string of the molecule is CC(Sc1n[nH]c(COc2ccc(Cl)cc2)n1)C(=O)NC(C)c1ccc(Cl)cc1Cl. The minimum absolute atomic E-state index is 0.151. The number of hydrogen-bond acceptors (Lipinski definition) is 5. The van der Waals surface area contributed by atoms with Crippen LogP contribution in [-0.4, -0.2) is 26.3 Å². The van der Waals surface area contributed by atoms with E-state index >= 15 is 0 Å². The van der Waals surface area contributed by atoms with E-state index in [9.17, 15) is 4.79 Å². The van der Waals surface area contributed by atoms with Crippen LogP contribution in [0.5, 0.6) is 5.75 Å². The van der Waals surface area contributed by atoms with E-state index in [1.165, 1.54) is 11.8 Å². The summed E-state index contributed by atoms with van der Waals surface area (Å²) in [6, 6.07) is 12.0. The second-order valence-electron chi connectivity index (χ2n) is 6.46. The quantitative estimate of drug-likeness (QED) is 0.400. The molecule has 0 aliphatic rings. The highest BCUT2D eigenvalue weighted by Gasteiger charge is 2.20. The van der Waals surface area contributed by atoms with Gasteiger partial charge in [-0.1, -0.05) is 52.6 Å². The minimum atomic E-state index is -0.403. The largest absolute Gasteiger partial charge is 0.486 e. The Kier molecular flexibility index (Phi) is 7.88. The number of benzene rings is 2. The van der Waals surface area contributed by atoms with E-state index in [1.807, 2.05) is 6.92 Å². The molecule has 1 heterocycles. The molecule has 6 nitrogen and oxygen atoms in total. The molecule has 0 saturated heterocycles. The fraction of sp³-hybridized carbons (Fsp3) is 0.250. The van der Waals surface area contributed by atoms with Gasteiger partial charge < -0.3 is 10.1 Å². The van der Waals surface area contributed by atoms with Gasteiger partial charge >= 0.3 is 0 Å². The predicted octanol–water partition coefficient (Wildman–Crippen LogP) is 5.70. The molecule has 0 aliphatic heterocycles. The molecule has 0 spiro atoms. The van der Waals surface area contributed by atoms with Gasteiger partial charge in [-0.05, 0) is 55.8 Å². The summed E-state index contributed by atoms with van der Waals surface area (Å²) in [6.45, 7) is 3.88. The van der Waals surface area contributed by atoms with Crippen molar-refractivity contribution >= 4 is 52.5 Å². The third-order valence-corrected chi connectivity index (χ3v) is 5.92. The number of aromatic amines is 1. The average molecular weight is 486 g/mol. The first-order valence-electron chi connectivity index (χ1n) is 9.03. The lowest BCUT2D eigenvalue weighted by Gasteiger charge is -2.18. The van der Waals surface area contributed by atoms with Crippen LogP contribution < -0.4 is 10.1 Å². The highest BCUT2D eigenvalue weighted by atomic mass is 35.5. The smallest absolute Gasteiger partial charge is 0.233 e. The van der Waals surface area contributed by atoms with Crippen LogP contribution >= 0.6 is 46.6 Å². The number of hydrogen-bond donors (Lipinski definition) is 2. The Labute approximate surface area is 193 Å². The Morgan fingerprint density at radius 1 is 1.13 bits per heavy atom. The summed E-state index contributed by atoms with van der Waals surface area (Å²) < 4.78 is 5.63. The van der Waals surface area contributed by atoms with Crippen molar-refractivity contribution in [3.05, 3.63) is 68.9 Å². The molecule has 0 aliphatic carbocycles. The second kappa shape index (κ2) is 10.4. The molecular formula is C20H19Cl3N4O2S. The van der Waals surface area contributed by atoms with Gasteiger partial charge in [0.05, 0.1) is 11.3 Å². The Morgan fingerprint density at radius 3 is 2.53 bits per heavy atom. The molecule has 158 valence electrons. The summed E-state index contributed by atoms with van der Waals surface area (Å²) in [5, 5.41) is 11.7. The minimum Gasteiger partial charge on any atom is -0.486 e. The maximum absolute atomic E-state index is 12.6. The molecule has 2 N–H and O–H groups in total. The maximum atomic E-state index is 12.6. The van der Waals surface area contributed by atoms with Gasteiger partial charge in [0.2, 0.25) is 11.1 Å². The summed E-state index contributed by atoms with van der Waals surface area (Å²) in [5.41, 5.74) is 0.797. The summed E-state index contributed by atoms with van der Waals surface area (Å²) in [4.78, 5) is 16.9. The number of thioether (sulfide) groups is 1. The first-order chi connectivity index (χ1) is 14.3. The number of ether oxygens (including phenoxy) is 1. The molecule has 1 amide bonds. The highest BCUT2D eigenvalue weighted by molar-refractivity contribution is 8.00. The molecule has 3 rings (SSSR count). The van der Waals surface area contributed by atoms with Crippen LogP contribution in [-0.2, 0) is 11.4 Å². The Hall–Kier alpha value is -1.93. The molecule has 3 aromatic rings. The van der Waals surface area contributed by atoms with Gasteiger partial charge in [-0.3, -0.25) is 9.89 Å². The average Bonchev–Trinajstić information content (AvgIpc) is 3.14. The van der Waals surface area contributed by atoms with Gasteiger partial charge in [0.1, 0.15) is 12.4 Å². The van der Waals surface area contributed by atoms with Gasteiger partial charge in [0.15, 0.2) is 5.82 Å². The molecule has 30 heavy (non-hydrogen) atoms. The van der Waals surface area contributed by atoms with Crippen molar-refractivity contribution in [1.29, 1.82) is 0 Å². The lowest BCUT2D eigenvalue weighted by molar-refractivity contribution is -0.120. The lowest BCUT2D eigenvalue weighted by Crippen LogP contribution is -2.33. The molecule has 0 fully saturated rings. The van der Waals surface area contributed by atoms with Gasteiger partial charge in [-0.15, -0.1) is 5.10 Å². The maximum Gasteiger partial charge on any atom is 0.233 e. The standard InChI is InChI=1S/C20H19Cl3N4O2S/c1-11(16-8-5-14(22)9-17(16)23)24-19(28)12(2)30-20-25-18(26-27-20)10-29-15-6-3-13(21)4-7-15/h3-9,11-12H,10H2,1-2H3,(H,24,28)(H,25,26,27). The molecular weight excluding hydrogens is 467 g/mol. The summed E-state index contributed by atoms with van der Waals surface area (Å²) in [5.74, 6) is 1.08. The number of halogens is 3. The van der Waals surface area contributed by atoms with Crippen molar-refractivity contribution in [3.63, 3.8) is 0 Å². The molecule has 2 atom stereocenters. The first kappa shape index (κ1) is 22.7. The van der Waals surface area contributed by atoms with Crippen LogP contribution in [0.3, 0.4) is 0 Å². The summed E-state index contributed by atoms with van der Waals surface area (Å²) in [6.07, 6.45) is 0. The Bertz CT molecular complexity index is 1010. The molecule has 2 unspecified atom stereocenters.